The van der Waals surface area contributed by atoms with Crippen molar-refractivity contribution in [2.45, 2.75) is 32.4 Å². The van der Waals surface area contributed by atoms with E-state index < -0.39 is 18.1 Å². The van der Waals surface area contributed by atoms with Gasteiger partial charge in [-0.1, -0.05) is 36.4 Å². The van der Waals surface area contributed by atoms with Gasteiger partial charge in [0.15, 0.2) is 6.10 Å². The van der Waals surface area contributed by atoms with E-state index in [-0.39, 0.29) is 5.91 Å². The van der Waals surface area contributed by atoms with E-state index in [9.17, 15) is 9.59 Å². The topological polar surface area (TPSA) is 81.4 Å². The van der Waals surface area contributed by atoms with E-state index in [1.807, 2.05) is 32.0 Å². The number of nitrogens with two attached hydrogens (primary N) is 1. The Hall–Kier alpha value is -2.82. The van der Waals surface area contributed by atoms with E-state index >= 15 is 0 Å². The predicted molar refractivity (Wildman–Crippen MR) is 90.6 cm³/mol. The molecule has 0 saturated carbocycles. The summed E-state index contributed by atoms with van der Waals surface area (Å²) in [6.45, 7) is 4.03. The van der Waals surface area contributed by atoms with Gasteiger partial charge in [0, 0.05) is 6.42 Å². The number of aryl methyl sites for hydroxylation is 2. The first-order chi connectivity index (χ1) is 11.5. The van der Waals surface area contributed by atoms with Crippen LogP contribution in [0.1, 0.15) is 28.3 Å². The number of fused-ring (bicyclic) bond motifs is 1. The second-order valence-corrected chi connectivity index (χ2v) is 6.11. The fourth-order valence-corrected chi connectivity index (χ4v) is 2.86. The van der Waals surface area contributed by atoms with Crippen molar-refractivity contribution in [3.05, 3.63) is 64.7 Å². The molecule has 0 unspecified atom stereocenters. The van der Waals surface area contributed by atoms with Gasteiger partial charge in [0.2, 0.25) is 5.91 Å². The SMILES string of the molecule is Cc1cc2c(cc1C)O[C@@H](C(=O)N[C@H](C(N)=O)c1ccccc1)C2. The molecule has 2 amide bonds. The van der Waals surface area contributed by atoms with Crippen molar-refractivity contribution in [3.63, 3.8) is 0 Å². The average Bonchev–Trinajstić information content (AvgIpc) is 2.96. The minimum atomic E-state index is -0.866. The predicted octanol–water partition coefficient (Wildman–Crippen LogP) is 1.95. The summed E-state index contributed by atoms with van der Waals surface area (Å²) in [6.07, 6.45) is -0.158. The molecule has 24 heavy (non-hydrogen) atoms. The first kappa shape index (κ1) is 16.1. The third-order valence-electron chi connectivity index (χ3n) is 4.35. The van der Waals surface area contributed by atoms with Gasteiger partial charge in [-0.25, -0.2) is 0 Å². The minimum absolute atomic E-state index is 0.339. The zero-order valence-corrected chi connectivity index (χ0v) is 13.7. The number of ether oxygens (including phenoxy) is 1. The molecule has 1 aliphatic heterocycles. The number of carbonyl (C=O) groups excluding carboxylic acids is 2. The summed E-state index contributed by atoms with van der Waals surface area (Å²) in [5.74, 6) is -0.209. The number of carbonyl (C=O) groups is 2. The first-order valence-electron chi connectivity index (χ1n) is 7.87. The highest BCUT2D eigenvalue weighted by molar-refractivity contribution is 5.90. The molecule has 5 heteroatoms. The zero-order chi connectivity index (χ0) is 17.3. The van der Waals surface area contributed by atoms with Gasteiger partial charge in [-0.3, -0.25) is 9.59 Å². The molecule has 0 aliphatic carbocycles. The second-order valence-electron chi connectivity index (χ2n) is 6.11. The highest BCUT2D eigenvalue weighted by Gasteiger charge is 2.32. The molecular formula is C19H20N2O3. The molecule has 1 aliphatic rings. The van der Waals surface area contributed by atoms with Crippen LogP contribution in [0.5, 0.6) is 5.75 Å². The molecule has 1 heterocycles. The molecule has 0 bridgehead atoms. The molecule has 0 aromatic heterocycles. The lowest BCUT2D eigenvalue weighted by Gasteiger charge is -2.18. The Morgan fingerprint density at radius 3 is 2.50 bits per heavy atom. The van der Waals surface area contributed by atoms with Crippen LogP contribution in [0.2, 0.25) is 0 Å². The van der Waals surface area contributed by atoms with Gasteiger partial charge in [-0.05, 0) is 42.2 Å². The molecule has 0 spiro atoms. The van der Waals surface area contributed by atoms with Crippen LogP contribution >= 0.6 is 0 Å². The quantitative estimate of drug-likeness (QED) is 0.902. The summed E-state index contributed by atoms with van der Waals surface area (Å²) in [5.41, 5.74) is 9.39. The number of benzene rings is 2. The van der Waals surface area contributed by atoms with Gasteiger partial charge in [-0.2, -0.15) is 0 Å². The Labute approximate surface area is 140 Å². The standard InChI is InChI=1S/C19H20N2O3/c1-11-8-14-10-16(24-15(14)9-12(11)2)19(23)21-17(18(20)22)13-6-4-3-5-7-13/h3-9,16-17H,10H2,1-2H3,(H2,20,22)(H,21,23)/t16-,17+/m1/s1. The molecule has 2 atom stereocenters. The van der Waals surface area contributed by atoms with Crippen molar-refractivity contribution in [1.82, 2.24) is 5.32 Å². The highest BCUT2D eigenvalue weighted by Crippen LogP contribution is 2.31. The lowest BCUT2D eigenvalue weighted by Crippen LogP contribution is -2.44. The van der Waals surface area contributed by atoms with Crippen LogP contribution < -0.4 is 15.8 Å². The Morgan fingerprint density at radius 2 is 1.83 bits per heavy atom. The van der Waals surface area contributed by atoms with Gasteiger partial charge >= 0.3 is 0 Å². The lowest BCUT2D eigenvalue weighted by atomic mass is 10.0. The number of hydrogen-bond acceptors (Lipinski definition) is 3. The Kier molecular flexibility index (Phi) is 4.25. The molecule has 0 radical (unpaired) electrons. The summed E-state index contributed by atoms with van der Waals surface area (Å²) < 4.78 is 5.76. The van der Waals surface area contributed by atoms with Crippen molar-refractivity contribution in [3.8, 4) is 5.75 Å². The molecule has 2 aromatic rings. The van der Waals surface area contributed by atoms with Crippen molar-refractivity contribution in [2.75, 3.05) is 0 Å². The van der Waals surface area contributed by atoms with Crippen molar-refractivity contribution < 1.29 is 14.3 Å². The zero-order valence-electron chi connectivity index (χ0n) is 13.7. The maximum absolute atomic E-state index is 12.5. The van der Waals surface area contributed by atoms with E-state index in [0.717, 1.165) is 22.4 Å². The van der Waals surface area contributed by atoms with Crippen LogP contribution in [0.15, 0.2) is 42.5 Å². The van der Waals surface area contributed by atoms with E-state index in [0.29, 0.717) is 12.0 Å². The van der Waals surface area contributed by atoms with Crippen molar-refractivity contribution in [2.24, 2.45) is 5.73 Å². The summed E-state index contributed by atoms with van der Waals surface area (Å²) in [5, 5.41) is 2.70. The van der Waals surface area contributed by atoms with Crippen molar-refractivity contribution >= 4 is 11.8 Å². The van der Waals surface area contributed by atoms with Crippen LogP contribution in [0.3, 0.4) is 0 Å². The maximum atomic E-state index is 12.5. The number of hydrogen-bond donors (Lipinski definition) is 2. The van der Waals surface area contributed by atoms with Gasteiger partial charge in [0.25, 0.3) is 5.91 Å². The third-order valence-corrected chi connectivity index (χ3v) is 4.35. The number of primary amides is 1. The molecule has 3 rings (SSSR count). The first-order valence-corrected chi connectivity index (χ1v) is 7.87. The normalized spacial score (nSPS) is 16.8. The molecule has 0 fully saturated rings. The Bertz CT molecular complexity index is 756. The van der Waals surface area contributed by atoms with Crippen LogP contribution in [0.4, 0.5) is 0 Å². The second kappa shape index (κ2) is 6.35. The van der Waals surface area contributed by atoms with Crippen LogP contribution in [0, 0.1) is 13.8 Å². The monoisotopic (exact) mass is 324 g/mol. The highest BCUT2D eigenvalue weighted by atomic mass is 16.5. The van der Waals surface area contributed by atoms with Gasteiger partial charge < -0.3 is 15.8 Å². The van der Waals surface area contributed by atoms with Crippen LogP contribution in [-0.4, -0.2) is 17.9 Å². The van der Waals surface area contributed by atoms with Crippen LogP contribution in [-0.2, 0) is 16.0 Å². The minimum Gasteiger partial charge on any atom is -0.480 e. The van der Waals surface area contributed by atoms with E-state index in [2.05, 4.69) is 5.32 Å². The molecular weight excluding hydrogens is 304 g/mol. The molecule has 3 N–H and O–H groups in total. The van der Waals surface area contributed by atoms with Gasteiger partial charge in [-0.15, -0.1) is 0 Å². The van der Waals surface area contributed by atoms with E-state index in [1.165, 1.54) is 0 Å². The third kappa shape index (κ3) is 3.11. The molecule has 124 valence electrons. The summed E-state index contributed by atoms with van der Waals surface area (Å²) >= 11 is 0. The van der Waals surface area contributed by atoms with E-state index in [4.69, 9.17) is 10.5 Å². The summed E-state index contributed by atoms with van der Waals surface area (Å²) in [6, 6.07) is 12.1. The Morgan fingerprint density at radius 1 is 1.17 bits per heavy atom. The lowest BCUT2D eigenvalue weighted by molar-refractivity contribution is -0.131. The van der Waals surface area contributed by atoms with Gasteiger partial charge in [0.1, 0.15) is 11.8 Å². The fraction of sp³-hybridized carbons (Fsp3) is 0.263. The molecule has 2 aromatic carbocycles. The van der Waals surface area contributed by atoms with Gasteiger partial charge in [0.05, 0.1) is 0 Å². The molecule has 0 saturated heterocycles. The smallest absolute Gasteiger partial charge is 0.262 e. The van der Waals surface area contributed by atoms with Crippen molar-refractivity contribution in [1.29, 1.82) is 0 Å². The molecule has 5 nitrogen and oxygen atoms in total. The van der Waals surface area contributed by atoms with Crippen LogP contribution in [0.25, 0.3) is 0 Å². The largest absolute Gasteiger partial charge is 0.480 e. The van der Waals surface area contributed by atoms with E-state index in [1.54, 1.807) is 24.3 Å². The number of nitrogens with one attached hydrogen (secondary N) is 1. The number of rotatable bonds is 4. The summed E-state index contributed by atoms with van der Waals surface area (Å²) in [4.78, 5) is 24.3. The average molecular weight is 324 g/mol. The Balaban J connectivity index is 1.74. The maximum Gasteiger partial charge on any atom is 0.262 e. The summed E-state index contributed by atoms with van der Waals surface area (Å²) in [7, 11) is 0. The fourth-order valence-electron chi connectivity index (χ4n) is 2.86. The number of amides is 2.